The number of nitrogens with zero attached hydrogens (tertiary/aromatic N) is 3. The zero-order valence-corrected chi connectivity index (χ0v) is 18.1. The number of ether oxygens (including phenoxy) is 4. The molecule has 0 aliphatic rings. The minimum atomic E-state index is 0.121. The van der Waals surface area contributed by atoms with Gasteiger partial charge in [-0.3, -0.25) is 4.79 Å². The first-order chi connectivity index (χ1) is 12.9. The van der Waals surface area contributed by atoms with E-state index >= 15 is 0 Å². The summed E-state index contributed by atoms with van der Waals surface area (Å²) < 4.78 is 21.7. The van der Waals surface area contributed by atoms with E-state index in [9.17, 15) is 4.79 Å². The van der Waals surface area contributed by atoms with Crippen molar-refractivity contribution in [1.82, 2.24) is 14.7 Å². The molecule has 0 aromatic rings. The van der Waals surface area contributed by atoms with E-state index < -0.39 is 0 Å². The number of carbonyl (C=O) groups excluding carboxylic acids is 1. The van der Waals surface area contributed by atoms with E-state index in [-0.39, 0.29) is 5.91 Å². The summed E-state index contributed by atoms with van der Waals surface area (Å²) in [5.74, 6) is 0.121. The largest absolute Gasteiger partial charge is 0.379 e. The Morgan fingerprint density at radius 1 is 0.593 bits per heavy atom. The highest BCUT2D eigenvalue weighted by Crippen LogP contribution is 1.95. The van der Waals surface area contributed by atoms with Crippen molar-refractivity contribution >= 4 is 5.91 Å². The van der Waals surface area contributed by atoms with Gasteiger partial charge >= 0.3 is 0 Å². The van der Waals surface area contributed by atoms with Gasteiger partial charge in [-0.2, -0.15) is 0 Å². The molecule has 0 aromatic carbocycles. The van der Waals surface area contributed by atoms with Gasteiger partial charge in [-0.05, 0) is 41.2 Å². The van der Waals surface area contributed by atoms with Crippen molar-refractivity contribution in [3.63, 3.8) is 0 Å². The van der Waals surface area contributed by atoms with E-state index in [0.29, 0.717) is 52.7 Å². The summed E-state index contributed by atoms with van der Waals surface area (Å²) >= 11 is 0. The van der Waals surface area contributed by atoms with Gasteiger partial charge in [0, 0.05) is 20.1 Å². The van der Waals surface area contributed by atoms with E-state index in [1.54, 1.807) is 4.90 Å². The average Bonchev–Trinajstić information content (AvgIpc) is 2.61. The van der Waals surface area contributed by atoms with Gasteiger partial charge in [0.05, 0.1) is 59.3 Å². The van der Waals surface area contributed by atoms with Gasteiger partial charge in [0.25, 0.3) is 0 Å². The molecule has 1 amide bonds. The molecule has 0 N–H and O–H groups in total. The Labute approximate surface area is 165 Å². The minimum absolute atomic E-state index is 0.121. The van der Waals surface area contributed by atoms with Gasteiger partial charge < -0.3 is 33.6 Å². The molecule has 0 aliphatic heterocycles. The van der Waals surface area contributed by atoms with Crippen LogP contribution in [0.3, 0.4) is 0 Å². The lowest BCUT2D eigenvalue weighted by atomic mass is 10.3. The molecule has 0 radical (unpaired) electrons. The molecule has 0 atom stereocenters. The highest BCUT2D eigenvalue weighted by Gasteiger charge is 2.08. The summed E-state index contributed by atoms with van der Waals surface area (Å²) in [6, 6.07) is 0. The molecule has 162 valence electrons. The highest BCUT2D eigenvalue weighted by molar-refractivity contribution is 5.75. The number of carbonyl (C=O) groups is 1. The molecular formula is C19H41N3O5. The molecule has 27 heavy (non-hydrogen) atoms. The summed E-state index contributed by atoms with van der Waals surface area (Å²) in [5.41, 5.74) is 0. The van der Waals surface area contributed by atoms with Crippen LogP contribution in [0.1, 0.15) is 12.8 Å². The van der Waals surface area contributed by atoms with Crippen LogP contribution in [0.5, 0.6) is 0 Å². The third kappa shape index (κ3) is 19.8. The fourth-order valence-corrected chi connectivity index (χ4v) is 2.11. The summed E-state index contributed by atoms with van der Waals surface area (Å²) in [5, 5.41) is 0. The minimum Gasteiger partial charge on any atom is -0.379 e. The molecule has 0 spiro atoms. The lowest BCUT2D eigenvalue weighted by molar-refractivity contribution is -0.131. The van der Waals surface area contributed by atoms with Crippen molar-refractivity contribution in [2.24, 2.45) is 0 Å². The Hall–Kier alpha value is -0.770. The number of hydrogen-bond acceptors (Lipinski definition) is 7. The zero-order valence-electron chi connectivity index (χ0n) is 18.1. The van der Waals surface area contributed by atoms with E-state index in [0.717, 1.165) is 32.7 Å². The van der Waals surface area contributed by atoms with Crippen molar-refractivity contribution in [2.75, 3.05) is 108 Å². The maximum Gasteiger partial charge on any atom is 0.224 e. The van der Waals surface area contributed by atoms with Crippen molar-refractivity contribution in [3.05, 3.63) is 0 Å². The molecule has 0 rings (SSSR count). The normalized spacial score (nSPS) is 11.5. The molecule has 8 heteroatoms. The first-order valence-corrected chi connectivity index (χ1v) is 9.78. The fraction of sp³-hybridized carbons (Fsp3) is 0.947. The summed E-state index contributed by atoms with van der Waals surface area (Å²) in [6.45, 7) is 7.11. The monoisotopic (exact) mass is 391 g/mol. The third-order valence-electron chi connectivity index (χ3n) is 3.78. The topological polar surface area (TPSA) is 63.7 Å². The van der Waals surface area contributed by atoms with Gasteiger partial charge in [-0.25, -0.2) is 0 Å². The Morgan fingerprint density at radius 2 is 1.04 bits per heavy atom. The first-order valence-electron chi connectivity index (χ1n) is 9.78. The van der Waals surface area contributed by atoms with Crippen LogP contribution in [0.4, 0.5) is 0 Å². The SMILES string of the molecule is CN(C)CCCN(C)C(=O)CCOCCOCCOCCOCCN(C)C. The van der Waals surface area contributed by atoms with Gasteiger partial charge in [0.15, 0.2) is 0 Å². The van der Waals surface area contributed by atoms with Crippen LogP contribution in [0.15, 0.2) is 0 Å². The summed E-state index contributed by atoms with van der Waals surface area (Å²) in [6.07, 6.45) is 1.39. The quantitative estimate of drug-likeness (QED) is 0.296. The smallest absolute Gasteiger partial charge is 0.224 e. The van der Waals surface area contributed by atoms with E-state index in [1.807, 2.05) is 35.2 Å². The van der Waals surface area contributed by atoms with Gasteiger partial charge in [-0.1, -0.05) is 0 Å². The number of rotatable bonds is 19. The molecule has 0 unspecified atom stereocenters. The molecule has 0 aliphatic carbocycles. The van der Waals surface area contributed by atoms with E-state index in [4.69, 9.17) is 18.9 Å². The molecule has 8 nitrogen and oxygen atoms in total. The molecule has 0 saturated heterocycles. The second kappa shape index (κ2) is 18.6. The first kappa shape index (κ1) is 26.2. The summed E-state index contributed by atoms with van der Waals surface area (Å²) in [7, 11) is 9.95. The van der Waals surface area contributed by atoms with Crippen molar-refractivity contribution in [3.8, 4) is 0 Å². The molecule has 0 bridgehead atoms. The molecular weight excluding hydrogens is 350 g/mol. The van der Waals surface area contributed by atoms with Gasteiger partial charge in [-0.15, -0.1) is 0 Å². The lowest BCUT2D eigenvalue weighted by Gasteiger charge is -2.18. The van der Waals surface area contributed by atoms with Crippen LogP contribution in [-0.2, 0) is 23.7 Å². The van der Waals surface area contributed by atoms with Crippen LogP contribution < -0.4 is 0 Å². The number of likely N-dealkylation sites (N-methyl/N-ethyl adjacent to an activating group) is 1. The second-order valence-corrected chi connectivity index (χ2v) is 6.97. The predicted molar refractivity (Wildman–Crippen MR) is 107 cm³/mol. The van der Waals surface area contributed by atoms with Gasteiger partial charge in [0.1, 0.15) is 0 Å². The predicted octanol–water partition coefficient (Wildman–Crippen LogP) is 0.415. The van der Waals surface area contributed by atoms with Gasteiger partial charge in [0.2, 0.25) is 5.91 Å². The van der Waals surface area contributed by atoms with Crippen LogP contribution in [0, 0.1) is 0 Å². The number of hydrogen-bond donors (Lipinski definition) is 0. The van der Waals surface area contributed by atoms with Crippen molar-refractivity contribution in [2.45, 2.75) is 12.8 Å². The molecule has 0 saturated carbocycles. The highest BCUT2D eigenvalue weighted by atomic mass is 16.6. The molecule has 0 aromatic heterocycles. The van der Waals surface area contributed by atoms with E-state index in [1.165, 1.54) is 0 Å². The standard InChI is InChI=1S/C19H41N3O5/c1-20(2)8-6-9-22(5)19(23)7-11-24-13-15-26-17-18-27-16-14-25-12-10-21(3)4/h6-18H2,1-5H3. The van der Waals surface area contributed by atoms with Crippen LogP contribution in [-0.4, -0.2) is 128 Å². The zero-order chi connectivity index (χ0) is 20.3. The van der Waals surface area contributed by atoms with Crippen molar-refractivity contribution in [1.29, 1.82) is 0 Å². The molecule has 0 heterocycles. The average molecular weight is 392 g/mol. The van der Waals surface area contributed by atoms with Crippen LogP contribution in [0.25, 0.3) is 0 Å². The second-order valence-electron chi connectivity index (χ2n) is 6.97. The maximum atomic E-state index is 11.9. The Kier molecular flexibility index (Phi) is 18.1. The third-order valence-corrected chi connectivity index (χ3v) is 3.78. The van der Waals surface area contributed by atoms with Crippen molar-refractivity contribution < 1.29 is 23.7 Å². The Bertz CT molecular complexity index is 343. The van der Waals surface area contributed by atoms with Crippen LogP contribution in [0.2, 0.25) is 0 Å². The van der Waals surface area contributed by atoms with Crippen LogP contribution >= 0.6 is 0 Å². The lowest BCUT2D eigenvalue weighted by Crippen LogP contribution is -2.30. The number of amides is 1. The fourth-order valence-electron chi connectivity index (χ4n) is 2.11. The summed E-state index contributed by atoms with van der Waals surface area (Å²) in [4.78, 5) is 17.9. The Balaban J connectivity index is 3.27. The Morgan fingerprint density at radius 3 is 1.52 bits per heavy atom. The molecule has 0 fully saturated rings. The van der Waals surface area contributed by atoms with E-state index in [2.05, 4.69) is 9.80 Å². The maximum absolute atomic E-state index is 11.9.